The largest absolute Gasteiger partial charge is 0.416 e. The lowest BCUT2D eigenvalue weighted by Gasteiger charge is -2.45. The van der Waals surface area contributed by atoms with Gasteiger partial charge in [0.1, 0.15) is 18.2 Å². The Labute approximate surface area is 421 Å². The first-order chi connectivity index (χ1) is 34.6. The maximum atomic E-state index is 14.1. The van der Waals surface area contributed by atoms with Crippen LogP contribution >= 0.6 is 0 Å². The number of aromatic nitrogens is 3. The van der Waals surface area contributed by atoms with Gasteiger partial charge < -0.3 is 40.4 Å². The van der Waals surface area contributed by atoms with Crippen LogP contribution in [0.2, 0.25) is 0 Å². The summed E-state index contributed by atoms with van der Waals surface area (Å²) in [5.41, 5.74) is 0.399. The molecule has 8 rings (SSSR count). The molecule has 1 saturated carbocycles. The average Bonchev–Trinajstić information content (AvgIpc) is 3.90. The Morgan fingerprint density at radius 1 is 0.875 bits per heavy atom. The number of hydrogen-bond donors (Lipinski definition) is 3. The van der Waals surface area contributed by atoms with E-state index in [9.17, 15) is 37.1 Å². The summed E-state index contributed by atoms with van der Waals surface area (Å²) < 4.78 is 40.9. The summed E-state index contributed by atoms with van der Waals surface area (Å²) in [6.45, 7) is 8.44. The molecule has 19 heteroatoms. The highest BCUT2D eigenvalue weighted by Gasteiger charge is 2.45. The van der Waals surface area contributed by atoms with Crippen LogP contribution in [0.4, 0.5) is 19.0 Å². The third-order valence-corrected chi connectivity index (χ3v) is 16.5. The molecule has 4 aliphatic heterocycles. The summed E-state index contributed by atoms with van der Waals surface area (Å²) in [6, 6.07) is 6.52. The summed E-state index contributed by atoms with van der Waals surface area (Å²) in [6.07, 6.45) is 11.5. The number of anilines is 1. The quantitative estimate of drug-likeness (QED) is 0.124. The maximum Gasteiger partial charge on any atom is 0.416 e. The van der Waals surface area contributed by atoms with E-state index in [0.717, 1.165) is 115 Å². The number of piperidine rings is 2. The molecule has 0 unspecified atom stereocenters. The highest BCUT2D eigenvalue weighted by molar-refractivity contribution is 5.93. The van der Waals surface area contributed by atoms with E-state index in [0.29, 0.717) is 50.0 Å². The Morgan fingerprint density at radius 3 is 2.35 bits per heavy atom. The Balaban J connectivity index is 0.744. The minimum atomic E-state index is -4.54. The SMILES string of the molecule is CC(C)N(C)[C@@H]1CC[C@H](N2CC[C@H](Nc3ncnc4ccc(C(F)(F)F)cc34)C2=O)[C@H](NC(=O)C2CCN(C3CCN(C(=O)CCCCCCCNC(=O)[C@@H]4CC(=O)N(C)[C@H]4c4cccnc4)CC3)CC2)C1. The topological polar surface area (TPSA) is 176 Å². The molecule has 72 heavy (non-hydrogen) atoms. The van der Waals surface area contributed by atoms with Crippen molar-refractivity contribution in [2.45, 2.75) is 159 Å². The van der Waals surface area contributed by atoms with Gasteiger partial charge in [0.15, 0.2) is 0 Å². The first-order valence-electron chi connectivity index (χ1n) is 26.4. The third-order valence-electron chi connectivity index (χ3n) is 16.5. The molecule has 0 bridgehead atoms. The molecule has 16 nitrogen and oxygen atoms in total. The van der Waals surface area contributed by atoms with Gasteiger partial charge in [0, 0.05) is 87.9 Å². The normalized spacial score (nSPS) is 25.0. The highest BCUT2D eigenvalue weighted by Crippen LogP contribution is 2.38. The summed E-state index contributed by atoms with van der Waals surface area (Å²) in [7, 11) is 3.85. The molecular weight excluding hydrogens is 928 g/mol. The third kappa shape index (κ3) is 12.5. The van der Waals surface area contributed by atoms with Crippen LogP contribution < -0.4 is 16.0 Å². The molecule has 6 atom stereocenters. The summed E-state index contributed by atoms with van der Waals surface area (Å²) in [5.74, 6) is -0.439. The number of hydrogen-bond acceptors (Lipinski definition) is 11. The van der Waals surface area contributed by atoms with Gasteiger partial charge in [-0.1, -0.05) is 25.3 Å². The summed E-state index contributed by atoms with van der Waals surface area (Å²) >= 11 is 0. The van der Waals surface area contributed by atoms with Crippen molar-refractivity contribution in [1.82, 2.24) is 50.1 Å². The van der Waals surface area contributed by atoms with Gasteiger partial charge in [0.2, 0.25) is 29.5 Å². The van der Waals surface area contributed by atoms with Crippen LogP contribution in [-0.4, -0.2) is 159 Å². The van der Waals surface area contributed by atoms with Crippen LogP contribution in [-0.2, 0) is 30.1 Å². The van der Waals surface area contributed by atoms with Crippen LogP contribution in [0.15, 0.2) is 49.1 Å². The molecule has 0 radical (unpaired) electrons. The van der Waals surface area contributed by atoms with Crippen molar-refractivity contribution in [3.05, 3.63) is 60.2 Å². The van der Waals surface area contributed by atoms with E-state index >= 15 is 0 Å². The summed E-state index contributed by atoms with van der Waals surface area (Å²) in [5, 5.41) is 9.84. The maximum absolute atomic E-state index is 14.1. The molecule has 1 aliphatic carbocycles. The zero-order valence-corrected chi connectivity index (χ0v) is 42.4. The summed E-state index contributed by atoms with van der Waals surface area (Å²) in [4.78, 5) is 89.9. The fourth-order valence-corrected chi connectivity index (χ4v) is 12.0. The number of fused-ring (bicyclic) bond motifs is 1. The van der Waals surface area contributed by atoms with Gasteiger partial charge in [-0.3, -0.25) is 29.0 Å². The molecule has 3 aromatic rings. The Morgan fingerprint density at radius 2 is 1.62 bits per heavy atom. The van der Waals surface area contributed by atoms with E-state index in [4.69, 9.17) is 0 Å². The van der Waals surface area contributed by atoms with Crippen LogP contribution in [0.25, 0.3) is 10.9 Å². The van der Waals surface area contributed by atoms with Crippen molar-refractivity contribution in [3.63, 3.8) is 0 Å². The number of rotatable bonds is 18. The Bertz CT molecular complexity index is 2360. The molecule has 5 fully saturated rings. The number of alkyl halides is 3. The lowest BCUT2D eigenvalue weighted by atomic mass is 9.83. The molecule has 5 aliphatic rings. The average molecular weight is 1000 g/mol. The number of carbonyl (C=O) groups is 5. The van der Waals surface area contributed by atoms with Crippen molar-refractivity contribution >= 4 is 46.3 Å². The van der Waals surface area contributed by atoms with E-state index in [1.807, 2.05) is 21.9 Å². The van der Waals surface area contributed by atoms with Gasteiger partial charge in [0.05, 0.1) is 35.1 Å². The molecule has 1 aromatic carbocycles. The molecule has 3 N–H and O–H groups in total. The standard InChI is InChI=1S/C53H74F3N11O5/c1-34(2)63(3)39-14-16-45(67-28-21-43(52(67)72)61-49-40-29-37(53(54,55)56)13-15-42(40)59-33-60-49)44(30-39)62-50(70)35-17-24-65(25-18-35)38-19-26-66(27-20-38)46(68)12-8-6-5-7-9-23-58-51(71)41-31-47(69)64(4)48(41)36-11-10-22-57-32-36/h10-11,13,15,22,29,32-35,38-39,41,43-45,48H,5-9,12,14,16-21,23-28,30-31H2,1-4H3,(H,58,71)(H,62,70)(H,59,60,61)/t39-,41-,43+,44-,45+,48+/m1/s1. The first-order valence-corrected chi connectivity index (χ1v) is 26.4. The van der Waals surface area contributed by atoms with E-state index in [-0.39, 0.29) is 77.2 Å². The smallest absolute Gasteiger partial charge is 0.358 e. The van der Waals surface area contributed by atoms with Crippen molar-refractivity contribution < 1.29 is 37.1 Å². The number of amides is 5. The number of carbonyl (C=O) groups excluding carboxylic acids is 5. The van der Waals surface area contributed by atoms with Crippen LogP contribution in [0.3, 0.4) is 0 Å². The van der Waals surface area contributed by atoms with E-state index in [1.165, 1.54) is 12.4 Å². The fourth-order valence-electron chi connectivity index (χ4n) is 12.0. The van der Waals surface area contributed by atoms with Crippen LogP contribution in [0, 0.1) is 11.8 Å². The van der Waals surface area contributed by atoms with Crippen LogP contribution in [0.1, 0.15) is 127 Å². The van der Waals surface area contributed by atoms with E-state index in [1.54, 1.807) is 24.3 Å². The zero-order chi connectivity index (χ0) is 51.1. The molecule has 0 spiro atoms. The van der Waals surface area contributed by atoms with Gasteiger partial charge in [-0.05, 0) is 128 Å². The number of nitrogens with zero attached hydrogens (tertiary/aromatic N) is 8. The second kappa shape index (κ2) is 23.6. The number of nitrogens with one attached hydrogen (secondary N) is 3. The minimum absolute atomic E-state index is 0.0283. The molecule has 2 aromatic heterocycles. The number of halogens is 3. The molecule has 6 heterocycles. The number of likely N-dealkylation sites (tertiary alicyclic amines) is 4. The van der Waals surface area contributed by atoms with E-state index < -0.39 is 23.7 Å². The number of pyridine rings is 1. The number of unbranched alkanes of at least 4 members (excludes halogenated alkanes) is 4. The predicted octanol–water partition coefficient (Wildman–Crippen LogP) is 6.18. The van der Waals surface area contributed by atoms with E-state index in [2.05, 4.69) is 61.6 Å². The second-order valence-corrected chi connectivity index (χ2v) is 21.2. The Hall–Kier alpha value is -5.43. The molecule has 5 amide bonds. The monoisotopic (exact) mass is 1000 g/mol. The molecule has 392 valence electrons. The van der Waals surface area contributed by atoms with Gasteiger partial charge in [0.25, 0.3) is 0 Å². The van der Waals surface area contributed by atoms with Crippen LogP contribution in [0.5, 0.6) is 0 Å². The highest BCUT2D eigenvalue weighted by atomic mass is 19.4. The molecule has 4 saturated heterocycles. The van der Waals surface area contributed by atoms with Gasteiger partial charge in [-0.25, -0.2) is 9.97 Å². The lowest BCUT2D eigenvalue weighted by molar-refractivity contribution is -0.137. The van der Waals surface area contributed by atoms with Crippen molar-refractivity contribution in [1.29, 1.82) is 0 Å². The lowest BCUT2D eigenvalue weighted by Crippen LogP contribution is -2.59. The molecular formula is C53H74F3N11O5. The first kappa shape index (κ1) is 52.9. The van der Waals surface area contributed by atoms with Crippen molar-refractivity contribution in [2.75, 3.05) is 58.7 Å². The zero-order valence-electron chi connectivity index (χ0n) is 42.4. The minimum Gasteiger partial charge on any atom is -0.358 e. The number of benzene rings is 1. The fraction of sp³-hybridized carbons (Fsp3) is 0.660. The van der Waals surface area contributed by atoms with Crippen molar-refractivity contribution in [2.24, 2.45) is 11.8 Å². The Kier molecular flexibility index (Phi) is 17.4. The van der Waals surface area contributed by atoms with Gasteiger partial charge >= 0.3 is 6.18 Å². The second-order valence-electron chi connectivity index (χ2n) is 21.2. The van der Waals surface area contributed by atoms with Crippen molar-refractivity contribution in [3.8, 4) is 0 Å². The van der Waals surface area contributed by atoms with Gasteiger partial charge in [-0.2, -0.15) is 13.2 Å². The van der Waals surface area contributed by atoms with Gasteiger partial charge in [-0.15, -0.1) is 0 Å². The predicted molar refractivity (Wildman–Crippen MR) is 267 cm³/mol.